The van der Waals surface area contributed by atoms with Crippen LogP contribution in [-0.4, -0.2) is 48.4 Å². The number of nitrogens with one attached hydrogen (secondary N) is 1. The second-order valence-electron chi connectivity index (χ2n) is 5.29. The number of nitrogens with zero attached hydrogens (tertiary/aromatic N) is 3. The van der Waals surface area contributed by atoms with Crippen molar-refractivity contribution in [1.29, 1.82) is 0 Å². The van der Waals surface area contributed by atoms with Crippen molar-refractivity contribution in [3.8, 4) is 0 Å². The minimum atomic E-state index is -0.0117. The maximum absolute atomic E-state index is 12.3. The summed E-state index contributed by atoms with van der Waals surface area (Å²) < 4.78 is 2.02. The van der Waals surface area contributed by atoms with E-state index in [1.165, 1.54) is 0 Å². The van der Waals surface area contributed by atoms with E-state index in [2.05, 4.69) is 10.3 Å². The Labute approximate surface area is 128 Å². The third-order valence-electron chi connectivity index (χ3n) is 3.54. The number of aromatic nitrogens is 1. The van der Waals surface area contributed by atoms with E-state index in [1.807, 2.05) is 29.0 Å². The van der Waals surface area contributed by atoms with Crippen LogP contribution in [0, 0.1) is 0 Å². The molecule has 110 valence electrons. The van der Waals surface area contributed by atoms with Crippen LogP contribution in [0.1, 0.15) is 10.4 Å². The van der Waals surface area contributed by atoms with Crippen molar-refractivity contribution in [2.24, 2.45) is 4.99 Å². The van der Waals surface area contributed by atoms with Gasteiger partial charge < -0.3 is 14.8 Å². The first kappa shape index (κ1) is 13.9. The molecule has 0 unspecified atom stereocenters. The average Bonchev–Trinajstić information content (AvgIpc) is 3.07. The Bertz CT molecular complexity index is 733. The molecule has 1 aromatic heterocycles. The summed E-state index contributed by atoms with van der Waals surface area (Å²) >= 11 is 6.10. The second-order valence-corrected chi connectivity index (χ2v) is 5.72. The quantitative estimate of drug-likeness (QED) is 0.943. The summed E-state index contributed by atoms with van der Waals surface area (Å²) in [6, 6.07) is 5.60. The van der Waals surface area contributed by atoms with Gasteiger partial charge in [-0.15, -0.1) is 0 Å². The Kier molecular flexibility index (Phi) is 3.59. The van der Waals surface area contributed by atoms with Crippen LogP contribution in [0.5, 0.6) is 0 Å². The maximum Gasteiger partial charge on any atom is 0.255 e. The second kappa shape index (κ2) is 5.41. The molecule has 5 nitrogen and oxygen atoms in total. The van der Waals surface area contributed by atoms with Gasteiger partial charge in [0.1, 0.15) is 5.84 Å². The fraction of sp³-hybridized carbons (Fsp3) is 0.333. The molecule has 0 fully saturated rings. The summed E-state index contributed by atoms with van der Waals surface area (Å²) in [7, 11) is 3.51. The number of carbonyl (C=O) groups excluding carboxylic acids is 1. The molecule has 21 heavy (non-hydrogen) atoms. The number of fused-ring (bicyclic) bond motifs is 1. The Morgan fingerprint density at radius 2 is 2.29 bits per heavy atom. The molecule has 1 aliphatic rings. The van der Waals surface area contributed by atoms with Crippen molar-refractivity contribution in [3.63, 3.8) is 0 Å². The zero-order valence-electron chi connectivity index (χ0n) is 12.1. The molecule has 6 heteroatoms. The van der Waals surface area contributed by atoms with E-state index in [9.17, 15) is 4.79 Å². The highest BCUT2D eigenvalue weighted by Crippen LogP contribution is 2.25. The first-order chi connectivity index (χ1) is 10.1. The number of carbonyl (C=O) groups is 1. The third-order valence-corrected chi connectivity index (χ3v) is 3.78. The van der Waals surface area contributed by atoms with Crippen molar-refractivity contribution in [1.82, 2.24) is 14.8 Å². The summed E-state index contributed by atoms with van der Waals surface area (Å²) in [4.78, 5) is 18.3. The Morgan fingerprint density at radius 1 is 1.48 bits per heavy atom. The van der Waals surface area contributed by atoms with Crippen molar-refractivity contribution in [2.75, 3.05) is 27.2 Å². The number of rotatable bonds is 3. The van der Waals surface area contributed by atoms with E-state index in [-0.39, 0.29) is 5.91 Å². The maximum atomic E-state index is 12.3. The van der Waals surface area contributed by atoms with Gasteiger partial charge in [0.05, 0.1) is 24.2 Å². The predicted molar refractivity (Wildman–Crippen MR) is 85.3 cm³/mol. The van der Waals surface area contributed by atoms with E-state index in [0.717, 1.165) is 29.8 Å². The van der Waals surface area contributed by atoms with Gasteiger partial charge in [0.15, 0.2) is 0 Å². The normalized spacial score (nSPS) is 14.1. The summed E-state index contributed by atoms with van der Waals surface area (Å²) in [6.07, 6.45) is 1.88. The molecule has 0 spiro atoms. The molecule has 1 aliphatic heterocycles. The van der Waals surface area contributed by atoms with Gasteiger partial charge in [0.25, 0.3) is 5.91 Å². The summed E-state index contributed by atoms with van der Waals surface area (Å²) in [5, 5.41) is 4.82. The van der Waals surface area contributed by atoms with Gasteiger partial charge in [-0.05, 0) is 12.1 Å². The highest BCUT2D eigenvalue weighted by molar-refractivity contribution is 6.31. The van der Waals surface area contributed by atoms with Crippen LogP contribution in [0.15, 0.2) is 29.4 Å². The van der Waals surface area contributed by atoms with E-state index >= 15 is 0 Å². The van der Waals surface area contributed by atoms with Crippen LogP contribution in [0.25, 0.3) is 10.9 Å². The number of amides is 1. The lowest BCUT2D eigenvalue weighted by atomic mass is 10.1. The number of hydrogen-bond acceptors (Lipinski definition) is 3. The fourth-order valence-corrected chi connectivity index (χ4v) is 2.69. The Balaban J connectivity index is 2.10. The number of amidine groups is 1. The first-order valence-electron chi connectivity index (χ1n) is 6.83. The smallest absolute Gasteiger partial charge is 0.255 e. The highest BCUT2D eigenvalue weighted by Gasteiger charge is 2.18. The van der Waals surface area contributed by atoms with Gasteiger partial charge in [-0.2, -0.15) is 0 Å². The molecular formula is C15H17ClN4O. The van der Waals surface area contributed by atoms with Crippen molar-refractivity contribution < 1.29 is 4.79 Å². The van der Waals surface area contributed by atoms with Crippen LogP contribution < -0.4 is 5.32 Å². The van der Waals surface area contributed by atoms with Crippen LogP contribution in [0.3, 0.4) is 0 Å². The topological polar surface area (TPSA) is 49.6 Å². The summed E-state index contributed by atoms with van der Waals surface area (Å²) in [5.41, 5.74) is 1.63. The van der Waals surface area contributed by atoms with Crippen LogP contribution in [0.2, 0.25) is 5.02 Å². The monoisotopic (exact) mass is 304 g/mol. The zero-order valence-corrected chi connectivity index (χ0v) is 12.8. The van der Waals surface area contributed by atoms with Gasteiger partial charge in [0, 0.05) is 37.2 Å². The molecule has 0 saturated heterocycles. The van der Waals surface area contributed by atoms with Crippen LogP contribution >= 0.6 is 11.6 Å². The molecular weight excluding hydrogens is 288 g/mol. The molecule has 2 aromatic rings. The molecule has 0 bridgehead atoms. The van der Waals surface area contributed by atoms with Crippen LogP contribution in [0.4, 0.5) is 0 Å². The minimum Gasteiger partial charge on any atom is -0.370 e. The van der Waals surface area contributed by atoms with Crippen molar-refractivity contribution in [3.05, 3.63) is 35.0 Å². The van der Waals surface area contributed by atoms with Gasteiger partial charge in [-0.1, -0.05) is 17.7 Å². The molecule has 0 saturated carbocycles. The van der Waals surface area contributed by atoms with E-state index in [4.69, 9.17) is 11.6 Å². The van der Waals surface area contributed by atoms with Crippen molar-refractivity contribution >= 4 is 34.2 Å². The van der Waals surface area contributed by atoms with Crippen molar-refractivity contribution in [2.45, 2.75) is 6.54 Å². The first-order valence-corrected chi connectivity index (χ1v) is 7.21. The lowest BCUT2D eigenvalue weighted by Gasteiger charge is -2.08. The third kappa shape index (κ3) is 2.61. The van der Waals surface area contributed by atoms with E-state index in [1.54, 1.807) is 19.0 Å². The Hall–Kier alpha value is -2.01. The largest absolute Gasteiger partial charge is 0.370 e. The standard InChI is InChI=1S/C15H17ClN4O/c1-19(2)15(21)12-8-20(9-14-17-5-6-18-14)13-7-10(16)3-4-11(12)13/h3-4,7-8H,5-6,9H2,1-2H3,(H,17,18). The molecule has 0 aliphatic carbocycles. The Morgan fingerprint density at radius 3 is 2.95 bits per heavy atom. The average molecular weight is 305 g/mol. The van der Waals surface area contributed by atoms with E-state index in [0.29, 0.717) is 17.1 Å². The number of benzene rings is 1. The minimum absolute atomic E-state index is 0.0117. The van der Waals surface area contributed by atoms with Gasteiger partial charge in [0.2, 0.25) is 0 Å². The summed E-state index contributed by atoms with van der Waals surface area (Å²) in [5.74, 6) is 0.929. The SMILES string of the molecule is CN(C)C(=O)c1cn(CC2=NCCN2)c2cc(Cl)ccc12. The molecule has 0 radical (unpaired) electrons. The molecule has 0 atom stereocenters. The van der Waals surface area contributed by atoms with Crippen LogP contribution in [-0.2, 0) is 6.54 Å². The van der Waals surface area contributed by atoms with Gasteiger partial charge >= 0.3 is 0 Å². The van der Waals surface area contributed by atoms with Gasteiger partial charge in [-0.25, -0.2) is 0 Å². The van der Waals surface area contributed by atoms with E-state index < -0.39 is 0 Å². The van der Waals surface area contributed by atoms with Gasteiger partial charge in [-0.3, -0.25) is 9.79 Å². The molecule has 3 rings (SSSR count). The number of halogens is 1. The fourth-order valence-electron chi connectivity index (χ4n) is 2.52. The number of hydrogen-bond donors (Lipinski definition) is 1. The molecule has 1 aromatic carbocycles. The molecule has 1 N–H and O–H groups in total. The lowest BCUT2D eigenvalue weighted by molar-refractivity contribution is 0.0829. The number of aliphatic imine (C=N–C) groups is 1. The highest BCUT2D eigenvalue weighted by atomic mass is 35.5. The predicted octanol–water partition coefficient (Wildman–Crippen LogP) is 2.00. The molecule has 1 amide bonds. The lowest BCUT2D eigenvalue weighted by Crippen LogP contribution is -2.23. The summed E-state index contributed by atoms with van der Waals surface area (Å²) in [6.45, 7) is 2.30. The molecule has 2 heterocycles. The zero-order chi connectivity index (χ0) is 15.0.